The third kappa shape index (κ3) is 3.92. The number of hydrogen-bond donors (Lipinski definition) is 3. The van der Waals surface area contributed by atoms with Gasteiger partial charge < -0.3 is 15.1 Å². The van der Waals surface area contributed by atoms with Gasteiger partial charge in [0.1, 0.15) is 5.52 Å². The number of rotatable bonds is 5. The Kier molecular flexibility index (Phi) is 5.05. The van der Waals surface area contributed by atoms with Gasteiger partial charge in [0, 0.05) is 16.7 Å². The molecule has 0 radical (unpaired) electrons. The van der Waals surface area contributed by atoms with E-state index in [-0.39, 0.29) is 23.4 Å². The van der Waals surface area contributed by atoms with E-state index in [9.17, 15) is 9.59 Å². The third-order valence-electron chi connectivity index (χ3n) is 4.72. The first-order valence-electron chi connectivity index (χ1n) is 9.26. The Morgan fingerprint density at radius 1 is 1.03 bits per heavy atom. The lowest BCUT2D eigenvalue weighted by Crippen LogP contribution is -2.40. The molecule has 7 nitrogen and oxygen atoms in total. The second kappa shape index (κ2) is 7.68. The smallest absolute Gasteiger partial charge is 0.287 e. The van der Waals surface area contributed by atoms with Gasteiger partial charge in [-0.05, 0) is 43.7 Å². The number of nitrogens with one attached hydrogen (secondary N) is 3. The van der Waals surface area contributed by atoms with E-state index in [0.717, 1.165) is 5.56 Å². The third-order valence-corrected chi connectivity index (χ3v) is 4.97. The van der Waals surface area contributed by atoms with E-state index < -0.39 is 5.54 Å². The molecule has 0 unspecified atom stereocenters. The number of nitrogens with zero attached hydrogens (tertiary/aromatic N) is 1. The van der Waals surface area contributed by atoms with Gasteiger partial charge in [-0.2, -0.15) is 5.10 Å². The summed E-state index contributed by atoms with van der Waals surface area (Å²) in [7, 11) is 0. The lowest BCUT2D eigenvalue weighted by molar-refractivity contribution is 0.0885. The monoisotopic (exact) mass is 422 g/mol. The van der Waals surface area contributed by atoms with Crippen LogP contribution < -0.4 is 10.6 Å². The lowest BCUT2D eigenvalue weighted by atomic mass is 9.94. The van der Waals surface area contributed by atoms with Gasteiger partial charge in [0.05, 0.1) is 5.54 Å². The molecule has 0 spiro atoms. The molecule has 152 valence electrons. The standard InChI is InChI=1S/C22H19ClN4O3/c1-22(2,14-6-4-3-5-7-14)25-21(29)17-12-16-18(30-17)19(27-26-16)24-20(28)13-8-10-15(23)11-9-13/h3-12H,1-2H3,(H,25,29)(H2,24,26,27,28). The van der Waals surface area contributed by atoms with Crippen molar-refractivity contribution in [2.45, 2.75) is 19.4 Å². The quantitative estimate of drug-likeness (QED) is 0.433. The van der Waals surface area contributed by atoms with Crippen LogP contribution in [-0.2, 0) is 5.54 Å². The largest absolute Gasteiger partial charge is 0.445 e. The van der Waals surface area contributed by atoms with Crippen LogP contribution in [0.15, 0.2) is 65.1 Å². The van der Waals surface area contributed by atoms with Crippen LogP contribution in [0.4, 0.5) is 5.82 Å². The summed E-state index contributed by atoms with van der Waals surface area (Å²) < 4.78 is 5.70. The molecule has 2 amide bonds. The summed E-state index contributed by atoms with van der Waals surface area (Å²) in [6.07, 6.45) is 0. The van der Waals surface area contributed by atoms with Crippen molar-refractivity contribution >= 4 is 40.3 Å². The molecule has 3 N–H and O–H groups in total. The fourth-order valence-electron chi connectivity index (χ4n) is 3.07. The second-order valence-corrected chi connectivity index (χ2v) is 7.77. The minimum absolute atomic E-state index is 0.115. The fraction of sp³-hybridized carbons (Fsp3) is 0.136. The van der Waals surface area contributed by atoms with Gasteiger partial charge in [-0.3, -0.25) is 14.7 Å². The van der Waals surface area contributed by atoms with Crippen LogP contribution in [0.2, 0.25) is 5.02 Å². The van der Waals surface area contributed by atoms with Crippen molar-refractivity contribution in [3.05, 3.63) is 82.6 Å². The van der Waals surface area contributed by atoms with Crippen LogP contribution >= 0.6 is 11.6 Å². The predicted octanol–water partition coefficient (Wildman–Crippen LogP) is 4.73. The number of fused-ring (bicyclic) bond motifs is 1. The second-order valence-electron chi connectivity index (χ2n) is 7.33. The molecular formula is C22H19ClN4O3. The highest BCUT2D eigenvalue weighted by Crippen LogP contribution is 2.26. The number of amides is 2. The maximum Gasteiger partial charge on any atom is 0.287 e. The number of halogens is 1. The molecule has 4 rings (SSSR count). The minimum Gasteiger partial charge on any atom is -0.445 e. The topological polar surface area (TPSA) is 100 Å². The summed E-state index contributed by atoms with van der Waals surface area (Å²) in [5.74, 6) is -0.424. The summed E-state index contributed by atoms with van der Waals surface area (Å²) in [5.41, 5.74) is 1.59. The Hall–Kier alpha value is -3.58. The Morgan fingerprint density at radius 2 is 1.73 bits per heavy atom. The zero-order chi connectivity index (χ0) is 21.3. The van der Waals surface area contributed by atoms with Crippen molar-refractivity contribution in [1.29, 1.82) is 0 Å². The summed E-state index contributed by atoms with van der Waals surface area (Å²) in [5, 5.41) is 13.0. The van der Waals surface area contributed by atoms with E-state index in [4.69, 9.17) is 16.0 Å². The minimum atomic E-state index is -0.595. The Balaban J connectivity index is 1.53. The summed E-state index contributed by atoms with van der Waals surface area (Å²) in [4.78, 5) is 25.2. The molecule has 0 bridgehead atoms. The molecule has 2 heterocycles. The number of aromatic amines is 1. The average Bonchev–Trinajstić information content (AvgIpc) is 3.31. The van der Waals surface area contributed by atoms with Gasteiger partial charge in [0.2, 0.25) is 0 Å². The zero-order valence-corrected chi connectivity index (χ0v) is 17.1. The molecule has 0 aliphatic carbocycles. The van der Waals surface area contributed by atoms with Gasteiger partial charge in [-0.25, -0.2) is 0 Å². The number of aromatic nitrogens is 2. The normalized spacial score (nSPS) is 11.4. The van der Waals surface area contributed by atoms with E-state index in [1.165, 1.54) is 0 Å². The number of H-pyrrole nitrogens is 1. The van der Waals surface area contributed by atoms with Crippen LogP contribution in [0.3, 0.4) is 0 Å². The number of carbonyl (C=O) groups excluding carboxylic acids is 2. The number of hydrogen-bond acceptors (Lipinski definition) is 4. The Morgan fingerprint density at radius 3 is 2.43 bits per heavy atom. The summed E-state index contributed by atoms with van der Waals surface area (Å²) >= 11 is 5.85. The maximum absolute atomic E-state index is 12.7. The van der Waals surface area contributed by atoms with Crippen molar-refractivity contribution in [3.63, 3.8) is 0 Å². The lowest BCUT2D eigenvalue weighted by Gasteiger charge is -2.26. The molecule has 0 fully saturated rings. The van der Waals surface area contributed by atoms with E-state index in [2.05, 4.69) is 20.8 Å². The van der Waals surface area contributed by atoms with Crippen LogP contribution in [0, 0.1) is 0 Å². The van der Waals surface area contributed by atoms with Crippen LogP contribution in [0.5, 0.6) is 0 Å². The highest BCUT2D eigenvalue weighted by Gasteiger charge is 2.26. The molecule has 2 aromatic heterocycles. The van der Waals surface area contributed by atoms with Crippen molar-refractivity contribution < 1.29 is 14.0 Å². The van der Waals surface area contributed by atoms with E-state index in [1.807, 2.05) is 44.2 Å². The van der Waals surface area contributed by atoms with Crippen LogP contribution in [0.1, 0.15) is 40.3 Å². The van der Waals surface area contributed by atoms with Gasteiger partial charge in [0.25, 0.3) is 11.8 Å². The molecule has 0 aliphatic heterocycles. The molecule has 0 aliphatic rings. The molecule has 30 heavy (non-hydrogen) atoms. The Labute approximate surface area is 177 Å². The molecular weight excluding hydrogens is 404 g/mol. The van der Waals surface area contributed by atoms with Crippen LogP contribution in [0.25, 0.3) is 11.1 Å². The molecule has 0 saturated carbocycles. The molecule has 2 aromatic carbocycles. The van der Waals surface area contributed by atoms with Crippen molar-refractivity contribution in [2.75, 3.05) is 5.32 Å². The predicted molar refractivity (Wildman–Crippen MR) is 115 cm³/mol. The number of benzene rings is 2. The fourth-order valence-corrected chi connectivity index (χ4v) is 3.19. The first-order chi connectivity index (χ1) is 14.3. The van der Waals surface area contributed by atoms with Gasteiger partial charge >= 0.3 is 0 Å². The van der Waals surface area contributed by atoms with E-state index in [0.29, 0.717) is 21.7 Å². The summed E-state index contributed by atoms with van der Waals surface area (Å²) in [6, 6.07) is 17.7. The maximum atomic E-state index is 12.7. The first-order valence-corrected chi connectivity index (χ1v) is 9.64. The first kappa shape index (κ1) is 19.7. The van der Waals surface area contributed by atoms with E-state index >= 15 is 0 Å². The SMILES string of the molecule is CC(C)(NC(=O)c1cc2[nH]nc(NC(=O)c3ccc(Cl)cc3)c2o1)c1ccccc1. The number of carbonyl (C=O) groups is 2. The molecule has 0 atom stereocenters. The van der Waals surface area contributed by atoms with Crippen molar-refractivity contribution in [3.8, 4) is 0 Å². The zero-order valence-electron chi connectivity index (χ0n) is 16.3. The van der Waals surface area contributed by atoms with Gasteiger partial charge in [0.15, 0.2) is 17.2 Å². The van der Waals surface area contributed by atoms with Gasteiger partial charge in [-0.15, -0.1) is 0 Å². The van der Waals surface area contributed by atoms with Crippen LogP contribution in [-0.4, -0.2) is 22.0 Å². The Bertz CT molecular complexity index is 1210. The van der Waals surface area contributed by atoms with E-state index in [1.54, 1.807) is 30.3 Å². The highest BCUT2D eigenvalue weighted by molar-refractivity contribution is 6.30. The summed E-state index contributed by atoms with van der Waals surface area (Å²) in [6.45, 7) is 3.82. The van der Waals surface area contributed by atoms with Gasteiger partial charge in [-0.1, -0.05) is 41.9 Å². The highest BCUT2D eigenvalue weighted by atomic mass is 35.5. The molecule has 0 saturated heterocycles. The molecule has 4 aromatic rings. The molecule has 8 heteroatoms. The number of furan rings is 1. The number of anilines is 1. The average molecular weight is 423 g/mol. The van der Waals surface area contributed by atoms with Crippen molar-refractivity contribution in [1.82, 2.24) is 15.5 Å². The van der Waals surface area contributed by atoms with Crippen molar-refractivity contribution in [2.24, 2.45) is 0 Å².